The van der Waals surface area contributed by atoms with Crippen molar-refractivity contribution in [3.8, 4) is 5.75 Å². The average molecular weight is 471 g/mol. The maximum atomic E-state index is 13.8. The van der Waals surface area contributed by atoms with Gasteiger partial charge in [0.1, 0.15) is 17.9 Å². The van der Waals surface area contributed by atoms with Gasteiger partial charge in [-0.05, 0) is 36.4 Å². The minimum Gasteiger partial charge on any atom is -0.471 e. The maximum absolute atomic E-state index is 13.8. The summed E-state index contributed by atoms with van der Waals surface area (Å²) in [5, 5.41) is 10.9. The summed E-state index contributed by atoms with van der Waals surface area (Å²) in [5.74, 6) is 0.0109. The second-order valence-corrected chi connectivity index (χ2v) is 7.19. The highest BCUT2D eigenvalue weighted by Crippen LogP contribution is 2.16. The van der Waals surface area contributed by atoms with E-state index in [1.165, 1.54) is 21.8 Å². The van der Waals surface area contributed by atoms with Crippen LogP contribution < -0.4 is 10.1 Å². The van der Waals surface area contributed by atoms with Crippen LogP contribution in [0.15, 0.2) is 71.6 Å². The van der Waals surface area contributed by atoms with Crippen LogP contribution in [0, 0.1) is 5.82 Å². The summed E-state index contributed by atoms with van der Waals surface area (Å²) < 4.78 is 23.3. The summed E-state index contributed by atoms with van der Waals surface area (Å²) >= 11 is 3.36. The molecule has 4 rings (SSSR count). The average Bonchev–Trinajstić information content (AvgIpc) is 3.39. The Morgan fingerprint density at radius 1 is 1.07 bits per heavy atom. The van der Waals surface area contributed by atoms with Crippen LogP contribution in [0.2, 0.25) is 0 Å². The molecule has 1 N–H and O–H groups in total. The Balaban J connectivity index is 1.34. The van der Waals surface area contributed by atoms with Crippen LogP contribution in [0.1, 0.15) is 16.1 Å². The first-order chi connectivity index (χ1) is 14.6. The van der Waals surface area contributed by atoms with Crippen molar-refractivity contribution in [3.05, 3.63) is 88.7 Å². The van der Waals surface area contributed by atoms with Gasteiger partial charge in [-0.15, -0.1) is 5.10 Å². The minimum atomic E-state index is -0.457. The third-order valence-electron chi connectivity index (χ3n) is 4.10. The summed E-state index contributed by atoms with van der Waals surface area (Å²) in [6.45, 7) is 0.363. The molecule has 0 bridgehead atoms. The lowest BCUT2D eigenvalue weighted by molar-refractivity contribution is 0.101. The first kappa shape index (κ1) is 19.8. The third-order valence-corrected chi connectivity index (χ3v) is 4.63. The number of halogens is 2. The number of anilines is 1. The molecule has 0 aliphatic carbocycles. The van der Waals surface area contributed by atoms with Gasteiger partial charge in [-0.3, -0.25) is 10.1 Å². The molecule has 0 aliphatic heterocycles. The smallest absolute Gasteiger partial charge is 0.278 e. The molecule has 0 saturated heterocycles. The number of rotatable bonds is 7. The van der Waals surface area contributed by atoms with Crippen molar-refractivity contribution in [1.82, 2.24) is 24.5 Å². The summed E-state index contributed by atoms with van der Waals surface area (Å²) in [5.41, 5.74) is 0.671. The lowest BCUT2D eigenvalue weighted by Gasteiger charge is -2.06. The quantitative estimate of drug-likeness (QED) is 0.444. The lowest BCUT2D eigenvalue weighted by Crippen LogP contribution is -2.15. The molecule has 0 spiro atoms. The van der Waals surface area contributed by atoms with E-state index in [1.54, 1.807) is 30.5 Å². The first-order valence-corrected chi connectivity index (χ1v) is 9.72. The Morgan fingerprint density at radius 2 is 1.87 bits per heavy atom. The Bertz CT molecular complexity index is 1160. The highest BCUT2D eigenvalue weighted by molar-refractivity contribution is 9.10. The molecule has 0 aliphatic rings. The molecule has 0 radical (unpaired) electrons. The Hall–Kier alpha value is -3.53. The van der Waals surface area contributed by atoms with Crippen molar-refractivity contribution in [2.75, 3.05) is 5.32 Å². The Labute approximate surface area is 179 Å². The van der Waals surface area contributed by atoms with E-state index in [2.05, 4.69) is 36.4 Å². The number of hydrogen-bond donors (Lipinski definition) is 1. The van der Waals surface area contributed by atoms with E-state index in [4.69, 9.17) is 4.74 Å². The number of carbonyl (C=O) groups is 1. The maximum Gasteiger partial charge on any atom is 0.278 e. The fourth-order valence-electron chi connectivity index (χ4n) is 2.62. The second-order valence-electron chi connectivity index (χ2n) is 6.28. The van der Waals surface area contributed by atoms with Crippen molar-refractivity contribution in [2.24, 2.45) is 0 Å². The predicted octanol–water partition coefficient (Wildman–Crippen LogP) is 3.71. The summed E-state index contributed by atoms with van der Waals surface area (Å²) in [7, 11) is 0. The highest BCUT2D eigenvalue weighted by Gasteiger charge is 2.13. The van der Waals surface area contributed by atoms with E-state index in [0.717, 1.165) is 4.47 Å². The Morgan fingerprint density at radius 3 is 2.67 bits per heavy atom. The van der Waals surface area contributed by atoms with E-state index >= 15 is 0 Å². The van der Waals surface area contributed by atoms with E-state index < -0.39 is 5.91 Å². The standard InChI is InChI=1S/C20H16BrFN6O2/c21-15-5-7-16(8-6-15)30-13-27-10-9-18(25-27)19(29)24-20-23-12-28(26-20)11-14-3-1-2-4-17(14)22/h1-10,12H,11,13H2,(H,24,26,29). The van der Waals surface area contributed by atoms with Gasteiger partial charge in [-0.2, -0.15) is 5.10 Å². The normalized spacial score (nSPS) is 10.7. The number of nitrogens with zero attached hydrogens (tertiary/aromatic N) is 5. The number of nitrogens with one attached hydrogen (secondary N) is 1. The van der Waals surface area contributed by atoms with E-state index in [-0.39, 0.29) is 30.7 Å². The number of carbonyl (C=O) groups excluding carboxylic acids is 1. The molecular formula is C20H16BrFN6O2. The van der Waals surface area contributed by atoms with Crippen LogP contribution in [-0.2, 0) is 13.3 Å². The van der Waals surface area contributed by atoms with Gasteiger partial charge in [0.2, 0.25) is 5.95 Å². The van der Waals surface area contributed by atoms with Gasteiger partial charge in [0.15, 0.2) is 12.4 Å². The molecule has 10 heteroatoms. The van der Waals surface area contributed by atoms with Crippen LogP contribution in [0.3, 0.4) is 0 Å². The van der Waals surface area contributed by atoms with Gasteiger partial charge in [0, 0.05) is 16.2 Å². The van der Waals surface area contributed by atoms with Crippen molar-refractivity contribution in [1.29, 1.82) is 0 Å². The van der Waals surface area contributed by atoms with E-state index in [9.17, 15) is 9.18 Å². The first-order valence-electron chi connectivity index (χ1n) is 8.93. The third kappa shape index (κ3) is 4.90. The van der Waals surface area contributed by atoms with Crippen LogP contribution in [0.4, 0.5) is 10.3 Å². The number of hydrogen-bond acceptors (Lipinski definition) is 5. The van der Waals surface area contributed by atoms with Gasteiger partial charge < -0.3 is 4.74 Å². The zero-order valence-electron chi connectivity index (χ0n) is 15.6. The summed E-state index contributed by atoms with van der Waals surface area (Å²) in [4.78, 5) is 16.4. The van der Waals surface area contributed by atoms with E-state index in [1.807, 2.05) is 24.3 Å². The zero-order chi connectivity index (χ0) is 20.9. The lowest BCUT2D eigenvalue weighted by atomic mass is 10.2. The Kier molecular flexibility index (Phi) is 5.84. The molecule has 0 fully saturated rings. The fourth-order valence-corrected chi connectivity index (χ4v) is 2.89. The number of amides is 1. The molecule has 2 heterocycles. The van der Waals surface area contributed by atoms with Gasteiger partial charge in [0.05, 0.1) is 6.54 Å². The number of ether oxygens (including phenoxy) is 1. The molecule has 8 nitrogen and oxygen atoms in total. The van der Waals surface area contributed by atoms with Crippen molar-refractivity contribution in [3.63, 3.8) is 0 Å². The largest absolute Gasteiger partial charge is 0.471 e. The van der Waals surface area contributed by atoms with Crippen LogP contribution in [0.5, 0.6) is 5.75 Å². The van der Waals surface area contributed by atoms with Crippen molar-refractivity contribution in [2.45, 2.75) is 13.3 Å². The van der Waals surface area contributed by atoms with Crippen LogP contribution in [0.25, 0.3) is 0 Å². The van der Waals surface area contributed by atoms with E-state index in [0.29, 0.717) is 11.3 Å². The van der Waals surface area contributed by atoms with Gasteiger partial charge in [-0.1, -0.05) is 34.1 Å². The second kappa shape index (κ2) is 8.87. The molecule has 0 unspecified atom stereocenters. The predicted molar refractivity (Wildman–Crippen MR) is 110 cm³/mol. The van der Waals surface area contributed by atoms with Crippen molar-refractivity contribution < 1.29 is 13.9 Å². The molecule has 152 valence electrons. The minimum absolute atomic E-state index is 0.108. The van der Waals surface area contributed by atoms with Crippen LogP contribution >= 0.6 is 15.9 Å². The SMILES string of the molecule is O=C(Nc1ncn(Cc2ccccc2F)n1)c1ccn(COc2ccc(Br)cc2)n1. The molecule has 2 aromatic heterocycles. The highest BCUT2D eigenvalue weighted by atomic mass is 79.9. The molecule has 0 atom stereocenters. The molecule has 30 heavy (non-hydrogen) atoms. The molecule has 1 amide bonds. The molecule has 4 aromatic rings. The van der Waals surface area contributed by atoms with Gasteiger partial charge in [0.25, 0.3) is 5.91 Å². The van der Waals surface area contributed by atoms with Gasteiger partial charge in [-0.25, -0.2) is 18.7 Å². The fraction of sp³-hybridized carbons (Fsp3) is 0.100. The summed E-state index contributed by atoms with van der Waals surface area (Å²) in [6.07, 6.45) is 3.06. The van der Waals surface area contributed by atoms with Crippen LogP contribution in [-0.4, -0.2) is 30.5 Å². The monoisotopic (exact) mass is 470 g/mol. The zero-order valence-corrected chi connectivity index (χ0v) is 17.2. The van der Waals surface area contributed by atoms with Gasteiger partial charge >= 0.3 is 0 Å². The number of aromatic nitrogens is 5. The summed E-state index contributed by atoms with van der Waals surface area (Å²) in [6, 6.07) is 15.4. The number of benzene rings is 2. The molecular weight excluding hydrogens is 455 g/mol. The molecule has 2 aromatic carbocycles. The molecule has 0 saturated carbocycles. The topological polar surface area (TPSA) is 86.9 Å². The van der Waals surface area contributed by atoms with Crippen molar-refractivity contribution >= 4 is 27.8 Å².